The molecule has 0 N–H and O–H groups in total. The molecule has 2 aromatic heterocycles. The van der Waals surface area contributed by atoms with Gasteiger partial charge in [-0.05, 0) is 25.0 Å². The summed E-state index contributed by atoms with van der Waals surface area (Å²) in [5.41, 5.74) is -0.801. The van der Waals surface area contributed by atoms with Crippen LogP contribution < -0.4 is 9.80 Å². The monoisotopic (exact) mass is 342 g/mol. The van der Waals surface area contributed by atoms with Gasteiger partial charge in [-0.15, -0.1) is 11.3 Å². The number of anilines is 2. The van der Waals surface area contributed by atoms with Crippen molar-refractivity contribution in [1.82, 2.24) is 9.97 Å². The molecule has 0 unspecified atom stereocenters. The van der Waals surface area contributed by atoms with Gasteiger partial charge in [0.05, 0.1) is 0 Å². The number of halogens is 3. The van der Waals surface area contributed by atoms with Gasteiger partial charge in [0.2, 0.25) is 0 Å². The third-order valence-electron chi connectivity index (χ3n) is 4.08. The Kier molecular flexibility index (Phi) is 4.43. The first kappa shape index (κ1) is 16.0. The van der Waals surface area contributed by atoms with Crippen LogP contribution in [0.25, 0.3) is 0 Å². The maximum atomic E-state index is 12.6. The Balaban J connectivity index is 1.61. The smallest absolute Gasteiger partial charge is 0.357 e. The third-order valence-corrected chi connectivity index (χ3v) is 4.98. The van der Waals surface area contributed by atoms with E-state index in [0.29, 0.717) is 24.3 Å². The first-order valence-electron chi connectivity index (χ1n) is 7.36. The zero-order chi connectivity index (χ0) is 16.4. The number of nitrogens with zero attached hydrogens (tertiary/aromatic N) is 4. The number of thiazole rings is 1. The number of hydrogen-bond acceptors (Lipinski definition) is 5. The lowest BCUT2D eigenvalue weighted by Gasteiger charge is -2.37. The number of aromatic nitrogens is 2. The lowest BCUT2D eigenvalue weighted by atomic mass is 10.0. The molecule has 4 nitrogen and oxygen atoms in total. The van der Waals surface area contributed by atoms with Crippen molar-refractivity contribution in [2.24, 2.45) is 0 Å². The summed E-state index contributed by atoms with van der Waals surface area (Å²) in [7, 11) is 2.01. The number of piperidine rings is 1. The predicted molar refractivity (Wildman–Crippen MR) is 85.0 cm³/mol. The molecule has 0 bridgehead atoms. The summed E-state index contributed by atoms with van der Waals surface area (Å²) < 4.78 is 37.9. The molecule has 1 saturated heterocycles. The lowest BCUT2D eigenvalue weighted by molar-refractivity contribution is -0.140. The van der Waals surface area contributed by atoms with Crippen molar-refractivity contribution in [3.63, 3.8) is 0 Å². The van der Waals surface area contributed by atoms with E-state index in [1.807, 2.05) is 30.1 Å². The molecule has 0 saturated carbocycles. The summed E-state index contributed by atoms with van der Waals surface area (Å²) in [5.74, 6) is 0.916. The van der Waals surface area contributed by atoms with Crippen LogP contribution in [0, 0.1) is 0 Å². The molecule has 0 amide bonds. The van der Waals surface area contributed by atoms with Crippen molar-refractivity contribution in [2.75, 3.05) is 29.9 Å². The highest BCUT2D eigenvalue weighted by Gasteiger charge is 2.35. The maximum Gasteiger partial charge on any atom is 0.434 e. The predicted octanol–water partition coefficient (Wildman–Crippen LogP) is 3.66. The van der Waals surface area contributed by atoms with Gasteiger partial charge in [0.1, 0.15) is 5.82 Å². The van der Waals surface area contributed by atoms with Gasteiger partial charge < -0.3 is 9.80 Å². The number of alkyl halides is 3. The molecule has 0 atom stereocenters. The molecule has 1 aliphatic rings. The highest BCUT2D eigenvalue weighted by atomic mass is 32.1. The second kappa shape index (κ2) is 6.35. The van der Waals surface area contributed by atoms with Crippen LogP contribution in [0.2, 0.25) is 0 Å². The Morgan fingerprint density at radius 2 is 2.00 bits per heavy atom. The summed E-state index contributed by atoms with van der Waals surface area (Å²) in [6, 6.07) is 6.12. The van der Waals surface area contributed by atoms with Crippen LogP contribution in [0.3, 0.4) is 0 Å². The normalized spacial score (nSPS) is 16.6. The van der Waals surface area contributed by atoms with Crippen LogP contribution in [0.5, 0.6) is 0 Å². The van der Waals surface area contributed by atoms with Gasteiger partial charge in [-0.2, -0.15) is 13.2 Å². The van der Waals surface area contributed by atoms with Crippen LogP contribution in [-0.4, -0.2) is 36.1 Å². The summed E-state index contributed by atoms with van der Waals surface area (Å²) in [6.07, 6.45) is -0.872. The van der Waals surface area contributed by atoms with E-state index >= 15 is 0 Å². The van der Waals surface area contributed by atoms with Crippen LogP contribution in [-0.2, 0) is 6.18 Å². The summed E-state index contributed by atoms with van der Waals surface area (Å²) >= 11 is 1.06. The quantitative estimate of drug-likeness (QED) is 0.852. The highest BCUT2D eigenvalue weighted by Crippen LogP contribution is 2.34. The van der Waals surface area contributed by atoms with Gasteiger partial charge in [-0.25, -0.2) is 9.97 Å². The average molecular weight is 342 g/mol. The van der Waals surface area contributed by atoms with Gasteiger partial charge in [-0.1, -0.05) is 6.07 Å². The van der Waals surface area contributed by atoms with Crippen molar-refractivity contribution in [3.8, 4) is 0 Å². The minimum Gasteiger partial charge on any atom is -0.357 e. The number of pyridine rings is 1. The molecular formula is C15H17F3N4S. The van der Waals surface area contributed by atoms with Gasteiger partial charge >= 0.3 is 6.18 Å². The van der Waals surface area contributed by atoms with Gasteiger partial charge in [-0.3, -0.25) is 0 Å². The van der Waals surface area contributed by atoms with Gasteiger partial charge in [0, 0.05) is 37.8 Å². The standard InChI is InChI=1S/C15H17F3N4S/c1-21(13-4-2-3-7-19-13)11-5-8-22(9-6-11)14-20-12(10-23-14)15(16,17)18/h2-4,7,10-11H,5-6,8-9H2,1H3. The average Bonchev–Trinajstić information content (AvgIpc) is 3.05. The molecule has 1 aliphatic heterocycles. The molecular weight excluding hydrogens is 325 g/mol. The fraction of sp³-hybridized carbons (Fsp3) is 0.467. The Morgan fingerprint density at radius 3 is 2.57 bits per heavy atom. The molecule has 8 heteroatoms. The molecule has 2 aromatic rings. The van der Waals surface area contributed by atoms with E-state index in [0.717, 1.165) is 35.4 Å². The molecule has 0 aliphatic carbocycles. The van der Waals surface area contributed by atoms with Crippen LogP contribution in [0.15, 0.2) is 29.8 Å². The molecule has 0 radical (unpaired) electrons. The van der Waals surface area contributed by atoms with Gasteiger partial charge in [0.15, 0.2) is 10.8 Å². The minimum atomic E-state index is -4.37. The summed E-state index contributed by atoms with van der Waals surface area (Å²) in [6.45, 7) is 1.40. The minimum absolute atomic E-state index is 0.336. The molecule has 3 rings (SSSR count). The lowest BCUT2D eigenvalue weighted by Crippen LogP contribution is -2.43. The molecule has 23 heavy (non-hydrogen) atoms. The second-order valence-corrected chi connectivity index (χ2v) is 6.37. The number of rotatable bonds is 3. The van der Waals surface area contributed by atoms with Gasteiger partial charge in [0.25, 0.3) is 0 Å². The van der Waals surface area contributed by atoms with Crippen molar-refractivity contribution >= 4 is 22.3 Å². The Labute approximate surface area is 136 Å². The Hall–Kier alpha value is -1.83. The van der Waals surface area contributed by atoms with E-state index in [4.69, 9.17) is 0 Å². The summed E-state index contributed by atoms with van der Waals surface area (Å²) in [5, 5.41) is 1.54. The van der Waals surface area contributed by atoms with E-state index in [-0.39, 0.29) is 0 Å². The van der Waals surface area contributed by atoms with E-state index in [2.05, 4.69) is 14.9 Å². The van der Waals surface area contributed by atoms with Crippen LogP contribution in [0.4, 0.5) is 24.1 Å². The SMILES string of the molecule is CN(c1ccccn1)C1CCN(c2nc(C(F)(F)F)cs2)CC1. The van der Waals surface area contributed by atoms with Crippen molar-refractivity contribution in [1.29, 1.82) is 0 Å². The third kappa shape index (κ3) is 3.57. The van der Waals surface area contributed by atoms with Crippen LogP contribution >= 0.6 is 11.3 Å². The fourth-order valence-corrected chi connectivity index (χ4v) is 3.62. The topological polar surface area (TPSA) is 32.3 Å². The first-order valence-corrected chi connectivity index (χ1v) is 8.24. The molecule has 0 aromatic carbocycles. The van der Waals surface area contributed by atoms with Crippen molar-refractivity contribution < 1.29 is 13.2 Å². The molecule has 124 valence electrons. The largest absolute Gasteiger partial charge is 0.434 e. The Morgan fingerprint density at radius 1 is 1.26 bits per heavy atom. The highest BCUT2D eigenvalue weighted by molar-refractivity contribution is 7.13. The van der Waals surface area contributed by atoms with Crippen molar-refractivity contribution in [2.45, 2.75) is 25.1 Å². The van der Waals surface area contributed by atoms with E-state index in [1.165, 1.54) is 0 Å². The zero-order valence-electron chi connectivity index (χ0n) is 12.6. The zero-order valence-corrected chi connectivity index (χ0v) is 13.4. The van der Waals surface area contributed by atoms with E-state index in [1.54, 1.807) is 6.20 Å². The number of hydrogen-bond donors (Lipinski definition) is 0. The van der Waals surface area contributed by atoms with E-state index in [9.17, 15) is 13.2 Å². The van der Waals surface area contributed by atoms with Crippen LogP contribution in [0.1, 0.15) is 18.5 Å². The van der Waals surface area contributed by atoms with E-state index < -0.39 is 11.9 Å². The van der Waals surface area contributed by atoms with Crippen molar-refractivity contribution in [3.05, 3.63) is 35.5 Å². The molecule has 0 spiro atoms. The first-order chi connectivity index (χ1) is 10.9. The fourth-order valence-electron chi connectivity index (χ4n) is 2.73. The molecule has 1 fully saturated rings. The maximum absolute atomic E-state index is 12.6. The molecule has 3 heterocycles. The second-order valence-electron chi connectivity index (χ2n) is 5.53. The summed E-state index contributed by atoms with van der Waals surface area (Å²) in [4.78, 5) is 12.1. The Bertz CT molecular complexity index is 636.